The SMILES string of the molecule is CNC(=O)[C@@H](C)SCc1cccc(Cl)c1. The zero-order valence-electron chi connectivity index (χ0n) is 8.79. The number of halogens is 1. The van der Waals surface area contributed by atoms with Crippen LogP contribution in [0.4, 0.5) is 0 Å². The molecule has 15 heavy (non-hydrogen) atoms. The third-order valence-corrected chi connectivity index (χ3v) is 3.45. The Morgan fingerprint density at radius 3 is 2.93 bits per heavy atom. The Labute approximate surface area is 99.4 Å². The van der Waals surface area contributed by atoms with Crippen LogP contribution in [-0.4, -0.2) is 18.2 Å². The molecule has 0 radical (unpaired) electrons. The molecule has 0 saturated carbocycles. The Bertz CT molecular complexity index is 343. The molecule has 0 unspecified atom stereocenters. The topological polar surface area (TPSA) is 29.1 Å². The van der Waals surface area contributed by atoms with Gasteiger partial charge >= 0.3 is 0 Å². The van der Waals surface area contributed by atoms with Gasteiger partial charge < -0.3 is 5.32 Å². The van der Waals surface area contributed by atoms with Gasteiger partial charge in [-0.05, 0) is 24.6 Å². The number of rotatable bonds is 4. The summed E-state index contributed by atoms with van der Waals surface area (Å²) < 4.78 is 0. The fraction of sp³-hybridized carbons (Fsp3) is 0.364. The quantitative estimate of drug-likeness (QED) is 0.881. The molecule has 1 aromatic carbocycles. The molecule has 82 valence electrons. The largest absolute Gasteiger partial charge is 0.358 e. The fourth-order valence-electron chi connectivity index (χ4n) is 1.13. The summed E-state index contributed by atoms with van der Waals surface area (Å²) in [4.78, 5) is 11.2. The van der Waals surface area contributed by atoms with Crippen LogP contribution >= 0.6 is 23.4 Å². The molecule has 4 heteroatoms. The Morgan fingerprint density at radius 2 is 2.33 bits per heavy atom. The summed E-state index contributed by atoms with van der Waals surface area (Å²) in [6, 6.07) is 7.70. The molecule has 0 aliphatic heterocycles. The number of hydrogen-bond donors (Lipinski definition) is 1. The van der Waals surface area contributed by atoms with Crippen molar-refractivity contribution in [3.63, 3.8) is 0 Å². The Hall–Kier alpha value is -0.670. The van der Waals surface area contributed by atoms with Crippen molar-refractivity contribution in [2.75, 3.05) is 7.05 Å². The lowest BCUT2D eigenvalue weighted by molar-refractivity contribution is -0.119. The summed E-state index contributed by atoms with van der Waals surface area (Å²) in [5.74, 6) is 0.858. The molecule has 0 spiro atoms. The number of carbonyl (C=O) groups is 1. The first kappa shape index (κ1) is 12.4. The van der Waals surface area contributed by atoms with Crippen LogP contribution in [0.15, 0.2) is 24.3 Å². The summed E-state index contributed by atoms with van der Waals surface area (Å²) in [5.41, 5.74) is 1.14. The van der Waals surface area contributed by atoms with Crippen LogP contribution < -0.4 is 5.32 Å². The van der Waals surface area contributed by atoms with E-state index < -0.39 is 0 Å². The minimum atomic E-state index is -0.0334. The highest BCUT2D eigenvalue weighted by molar-refractivity contribution is 7.99. The average molecular weight is 244 g/mol. The Balaban J connectivity index is 2.47. The molecule has 1 rings (SSSR count). The fourth-order valence-corrected chi connectivity index (χ4v) is 2.23. The second kappa shape index (κ2) is 6.03. The van der Waals surface area contributed by atoms with Gasteiger partial charge in [-0.15, -0.1) is 11.8 Å². The van der Waals surface area contributed by atoms with E-state index in [0.717, 1.165) is 16.3 Å². The summed E-state index contributed by atoms with van der Waals surface area (Å²) in [7, 11) is 1.65. The third-order valence-electron chi connectivity index (χ3n) is 2.00. The van der Waals surface area contributed by atoms with Crippen LogP contribution in [0.3, 0.4) is 0 Å². The lowest BCUT2D eigenvalue weighted by Crippen LogP contribution is -2.27. The van der Waals surface area contributed by atoms with Crippen molar-refractivity contribution in [3.05, 3.63) is 34.9 Å². The minimum absolute atomic E-state index is 0.0334. The van der Waals surface area contributed by atoms with E-state index in [1.165, 1.54) is 0 Å². The van der Waals surface area contributed by atoms with Gasteiger partial charge in [0.2, 0.25) is 5.91 Å². The third kappa shape index (κ3) is 4.14. The van der Waals surface area contributed by atoms with E-state index in [1.807, 2.05) is 31.2 Å². The highest BCUT2D eigenvalue weighted by Crippen LogP contribution is 2.20. The van der Waals surface area contributed by atoms with E-state index in [-0.39, 0.29) is 11.2 Å². The zero-order valence-corrected chi connectivity index (χ0v) is 10.4. The molecular weight excluding hydrogens is 230 g/mol. The predicted octanol–water partition coefficient (Wildman–Crippen LogP) is 2.71. The standard InChI is InChI=1S/C11H14ClNOS/c1-8(11(14)13-2)15-7-9-4-3-5-10(12)6-9/h3-6,8H,7H2,1-2H3,(H,13,14)/t8-/m1/s1. The number of thioether (sulfide) groups is 1. The molecule has 0 saturated heterocycles. The van der Waals surface area contributed by atoms with E-state index in [0.29, 0.717) is 0 Å². The molecule has 1 aromatic rings. The molecule has 0 aromatic heterocycles. The van der Waals surface area contributed by atoms with Crippen molar-refractivity contribution in [3.8, 4) is 0 Å². The average Bonchev–Trinajstić information content (AvgIpc) is 2.25. The molecule has 1 atom stereocenters. The molecule has 0 bridgehead atoms. The second-order valence-corrected chi connectivity index (χ2v) is 4.96. The van der Waals surface area contributed by atoms with Crippen LogP contribution in [0.5, 0.6) is 0 Å². The highest BCUT2D eigenvalue weighted by Gasteiger charge is 2.10. The minimum Gasteiger partial charge on any atom is -0.358 e. The molecule has 0 aliphatic rings. The first-order chi connectivity index (χ1) is 7.13. The lowest BCUT2D eigenvalue weighted by atomic mass is 10.2. The van der Waals surface area contributed by atoms with Crippen molar-refractivity contribution < 1.29 is 4.79 Å². The number of carbonyl (C=O) groups excluding carboxylic acids is 1. The normalized spacial score (nSPS) is 12.2. The number of benzene rings is 1. The smallest absolute Gasteiger partial charge is 0.232 e. The van der Waals surface area contributed by atoms with Crippen LogP contribution in [0.2, 0.25) is 5.02 Å². The summed E-state index contributed by atoms with van der Waals surface area (Å²) in [6.45, 7) is 1.90. The molecule has 0 fully saturated rings. The van der Waals surface area contributed by atoms with Gasteiger partial charge in [0, 0.05) is 17.8 Å². The van der Waals surface area contributed by atoms with E-state index >= 15 is 0 Å². The van der Waals surface area contributed by atoms with Gasteiger partial charge in [0.15, 0.2) is 0 Å². The van der Waals surface area contributed by atoms with Crippen LogP contribution in [0, 0.1) is 0 Å². The van der Waals surface area contributed by atoms with Gasteiger partial charge in [-0.1, -0.05) is 23.7 Å². The Morgan fingerprint density at radius 1 is 1.60 bits per heavy atom. The van der Waals surface area contributed by atoms with Crippen molar-refractivity contribution in [1.29, 1.82) is 0 Å². The van der Waals surface area contributed by atoms with E-state index in [4.69, 9.17) is 11.6 Å². The van der Waals surface area contributed by atoms with Crippen LogP contribution in [0.1, 0.15) is 12.5 Å². The first-order valence-corrected chi connectivity index (χ1v) is 6.14. The van der Waals surface area contributed by atoms with Gasteiger partial charge in [-0.25, -0.2) is 0 Å². The van der Waals surface area contributed by atoms with Gasteiger partial charge in [0.25, 0.3) is 0 Å². The molecule has 0 aliphatic carbocycles. The van der Waals surface area contributed by atoms with Crippen LogP contribution in [0.25, 0.3) is 0 Å². The summed E-state index contributed by atoms with van der Waals surface area (Å²) >= 11 is 7.46. The number of nitrogens with one attached hydrogen (secondary N) is 1. The van der Waals surface area contributed by atoms with E-state index in [2.05, 4.69) is 5.32 Å². The number of amides is 1. The lowest BCUT2D eigenvalue weighted by Gasteiger charge is -2.09. The van der Waals surface area contributed by atoms with Gasteiger partial charge in [-0.2, -0.15) is 0 Å². The predicted molar refractivity (Wildman–Crippen MR) is 66.3 cm³/mol. The molecular formula is C11H14ClNOS. The Kier molecular flexibility index (Phi) is 4.99. The van der Waals surface area contributed by atoms with Gasteiger partial charge in [0.1, 0.15) is 0 Å². The zero-order chi connectivity index (χ0) is 11.3. The number of hydrogen-bond acceptors (Lipinski definition) is 2. The van der Waals surface area contributed by atoms with Crippen LogP contribution in [-0.2, 0) is 10.5 Å². The highest BCUT2D eigenvalue weighted by atomic mass is 35.5. The van der Waals surface area contributed by atoms with E-state index in [9.17, 15) is 4.79 Å². The summed E-state index contributed by atoms with van der Waals surface area (Å²) in [5, 5.41) is 3.33. The van der Waals surface area contributed by atoms with Crippen molar-refractivity contribution in [2.24, 2.45) is 0 Å². The van der Waals surface area contributed by atoms with Gasteiger partial charge in [-0.3, -0.25) is 4.79 Å². The first-order valence-electron chi connectivity index (χ1n) is 4.71. The van der Waals surface area contributed by atoms with Crippen molar-refractivity contribution in [1.82, 2.24) is 5.32 Å². The maximum absolute atomic E-state index is 11.2. The van der Waals surface area contributed by atoms with Crippen molar-refractivity contribution >= 4 is 29.3 Å². The molecule has 2 nitrogen and oxygen atoms in total. The second-order valence-electron chi connectivity index (χ2n) is 3.20. The molecule has 1 amide bonds. The summed E-state index contributed by atoms with van der Waals surface area (Å²) in [6.07, 6.45) is 0. The molecule has 0 heterocycles. The van der Waals surface area contributed by atoms with E-state index in [1.54, 1.807) is 18.8 Å². The maximum Gasteiger partial charge on any atom is 0.232 e. The maximum atomic E-state index is 11.2. The van der Waals surface area contributed by atoms with Gasteiger partial charge in [0.05, 0.1) is 5.25 Å². The van der Waals surface area contributed by atoms with Crippen molar-refractivity contribution in [2.45, 2.75) is 17.9 Å². The molecule has 1 N–H and O–H groups in total. The monoisotopic (exact) mass is 243 g/mol.